The van der Waals surface area contributed by atoms with Crippen LogP contribution in [0.3, 0.4) is 0 Å². The van der Waals surface area contributed by atoms with Crippen molar-refractivity contribution in [2.24, 2.45) is 0 Å². The van der Waals surface area contributed by atoms with Gasteiger partial charge >= 0.3 is 5.97 Å². The fraction of sp³-hybridized carbons (Fsp3) is 0.250. The number of nitrogens with zero attached hydrogens (tertiary/aromatic N) is 2. The maximum absolute atomic E-state index is 12.3. The summed E-state index contributed by atoms with van der Waals surface area (Å²) in [5, 5.41) is 11.1. The van der Waals surface area contributed by atoms with E-state index < -0.39 is 17.0 Å². The molecule has 4 rings (SSSR count). The molecular weight excluding hydrogens is 384 g/mol. The van der Waals surface area contributed by atoms with Gasteiger partial charge in [-0.15, -0.1) is 0 Å². The Morgan fingerprint density at radius 2 is 1.93 bits per heavy atom. The highest BCUT2D eigenvalue weighted by Gasteiger charge is 2.28. The van der Waals surface area contributed by atoms with E-state index in [1.165, 1.54) is 0 Å². The van der Waals surface area contributed by atoms with Crippen LogP contribution in [0.4, 0.5) is 5.69 Å². The van der Waals surface area contributed by atoms with Gasteiger partial charge in [0.25, 0.3) is 0 Å². The zero-order chi connectivity index (χ0) is 19.3. The Hall–Kier alpha value is -2.31. The van der Waals surface area contributed by atoms with Gasteiger partial charge in [-0.2, -0.15) is 0 Å². The molecule has 0 saturated heterocycles. The summed E-state index contributed by atoms with van der Waals surface area (Å²) in [5.74, 6) is -0.890. The Balaban J connectivity index is 2.12. The molecule has 0 fully saturated rings. The van der Waals surface area contributed by atoms with Gasteiger partial charge in [-0.3, -0.25) is 9.10 Å². The molecule has 1 unspecified atom stereocenters. The monoisotopic (exact) mass is 402 g/mol. The van der Waals surface area contributed by atoms with Gasteiger partial charge in [-0.05, 0) is 47.4 Å². The Morgan fingerprint density at radius 3 is 2.56 bits per heavy atom. The lowest BCUT2D eigenvalue weighted by Crippen LogP contribution is -2.33. The lowest BCUT2D eigenvalue weighted by Gasteiger charge is -2.32. The number of anilines is 1. The van der Waals surface area contributed by atoms with E-state index in [9.17, 15) is 14.1 Å². The molecule has 0 bridgehead atoms. The second-order valence-corrected chi connectivity index (χ2v) is 8.43. The Bertz CT molecular complexity index is 1090. The van der Waals surface area contributed by atoms with Gasteiger partial charge in [0.05, 0.1) is 17.6 Å². The number of carboxylic acid groups (broad SMARTS) is 1. The van der Waals surface area contributed by atoms with Crippen molar-refractivity contribution in [2.75, 3.05) is 17.1 Å². The summed E-state index contributed by atoms with van der Waals surface area (Å²) in [7, 11) is -1.18. The third-order valence-corrected chi connectivity index (χ3v) is 6.37. The van der Waals surface area contributed by atoms with Gasteiger partial charge in [0.15, 0.2) is 0 Å². The molecule has 1 aliphatic heterocycles. The molecule has 0 amide bonds. The number of hydrogen-bond acceptors (Lipinski definition) is 2. The highest BCUT2D eigenvalue weighted by molar-refractivity contribution is 7.85. The Morgan fingerprint density at radius 1 is 1.22 bits per heavy atom. The number of rotatable bonds is 4. The van der Waals surface area contributed by atoms with Crippen molar-refractivity contribution >= 4 is 45.1 Å². The first-order valence-electron chi connectivity index (χ1n) is 8.61. The molecule has 7 heteroatoms. The number of carboxylic acids is 1. The molecule has 3 aromatic rings. The first kappa shape index (κ1) is 18.1. The summed E-state index contributed by atoms with van der Waals surface area (Å²) in [5.41, 5.74) is 5.34. The molecule has 2 heterocycles. The molecule has 27 heavy (non-hydrogen) atoms. The molecule has 1 atom stereocenters. The summed E-state index contributed by atoms with van der Waals surface area (Å²) in [6.07, 6.45) is 3.59. The molecule has 5 nitrogen and oxygen atoms in total. The van der Waals surface area contributed by atoms with E-state index in [-0.39, 0.29) is 6.42 Å². The standard InChI is InChI=1S/C20H19ClN2O3S/c1-12-16(11-17(24)25)18(13-3-5-14(21)6-4-13)15-7-8-22-9-10-23(27(2)26)19(12)20(15)22/h3-8H,9-11H2,1-2H3,(H,24,25). The molecule has 2 aromatic carbocycles. The second-order valence-electron chi connectivity index (χ2n) is 6.70. The smallest absolute Gasteiger partial charge is 0.307 e. The molecule has 0 spiro atoms. The maximum atomic E-state index is 12.3. The van der Waals surface area contributed by atoms with E-state index in [1.54, 1.807) is 6.26 Å². The van der Waals surface area contributed by atoms with E-state index >= 15 is 0 Å². The SMILES string of the molecule is Cc1c(CC(=O)O)c(-c2ccc(Cl)cc2)c2ccn3c2c1N(S(C)=O)CC3. The van der Waals surface area contributed by atoms with E-state index in [1.807, 2.05) is 47.8 Å². The second kappa shape index (κ2) is 6.69. The molecule has 1 N–H and O–H groups in total. The predicted molar refractivity (Wildman–Crippen MR) is 110 cm³/mol. The highest BCUT2D eigenvalue weighted by atomic mass is 35.5. The molecular formula is C20H19ClN2O3S. The largest absolute Gasteiger partial charge is 0.481 e. The average molecular weight is 403 g/mol. The molecule has 1 aliphatic rings. The minimum absolute atomic E-state index is 0.0951. The van der Waals surface area contributed by atoms with Crippen LogP contribution >= 0.6 is 11.6 Å². The molecule has 0 radical (unpaired) electrons. The van der Waals surface area contributed by atoms with Crippen molar-refractivity contribution < 1.29 is 14.1 Å². The topological polar surface area (TPSA) is 62.5 Å². The van der Waals surface area contributed by atoms with Crippen molar-refractivity contribution in [1.29, 1.82) is 0 Å². The van der Waals surface area contributed by atoms with Gasteiger partial charge in [0.2, 0.25) is 0 Å². The van der Waals surface area contributed by atoms with Gasteiger partial charge < -0.3 is 9.67 Å². The summed E-state index contributed by atoms with van der Waals surface area (Å²) in [6.45, 7) is 3.30. The maximum Gasteiger partial charge on any atom is 0.307 e. The highest BCUT2D eigenvalue weighted by Crippen LogP contribution is 2.44. The van der Waals surface area contributed by atoms with Crippen molar-refractivity contribution in [3.63, 3.8) is 0 Å². The lowest BCUT2D eigenvalue weighted by atomic mass is 9.89. The Labute approximate surface area is 164 Å². The van der Waals surface area contributed by atoms with Gasteiger partial charge in [-0.1, -0.05) is 23.7 Å². The van der Waals surface area contributed by atoms with E-state index in [2.05, 4.69) is 4.57 Å². The first-order chi connectivity index (χ1) is 12.9. The number of carbonyl (C=O) groups is 1. The van der Waals surface area contributed by atoms with Crippen LogP contribution in [0.15, 0.2) is 36.5 Å². The van der Waals surface area contributed by atoms with E-state index in [4.69, 9.17) is 11.6 Å². The van der Waals surface area contributed by atoms with Crippen LogP contribution in [0, 0.1) is 6.92 Å². The zero-order valence-corrected chi connectivity index (χ0v) is 16.6. The van der Waals surface area contributed by atoms with E-state index in [0.717, 1.165) is 45.4 Å². The normalized spacial score (nSPS) is 14.6. The van der Waals surface area contributed by atoms with Crippen LogP contribution in [-0.4, -0.2) is 32.7 Å². The summed E-state index contributed by atoms with van der Waals surface area (Å²) in [4.78, 5) is 11.6. The number of aliphatic carboxylic acids is 1. The quantitative estimate of drug-likeness (QED) is 0.717. The van der Waals surface area contributed by atoms with Gasteiger partial charge in [-0.25, -0.2) is 4.21 Å². The lowest BCUT2D eigenvalue weighted by molar-refractivity contribution is -0.136. The van der Waals surface area contributed by atoms with Crippen LogP contribution in [-0.2, 0) is 28.7 Å². The molecule has 0 saturated carbocycles. The van der Waals surface area contributed by atoms with Crippen molar-refractivity contribution in [3.05, 3.63) is 52.7 Å². The third-order valence-electron chi connectivity index (χ3n) is 5.13. The third kappa shape index (κ3) is 2.93. The molecule has 140 valence electrons. The molecule has 0 aliphatic carbocycles. The minimum atomic E-state index is -1.18. The number of hydrogen-bond donors (Lipinski definition) is 1. The average Bonchev–Trinajstić information content (AvgIpc) is 3.04. The number of aromatic nitrogens is 1. The van der Waals surface area contributed by atoms with Crippen LogP contribution in [0.1, 0.15) is 11.1 Å². The number of halogens is 1. The molecule has 1 aromatic heterocycles. The van der Waals surface area contributed by atoms with Crippen molar-refractivity contribution in [3.8, 4) is 11.1 Å². The summed E-state index contributed by atoms with van der Waals surface area (Å²) in [6, 6.07) is 9.48. The van der Waals surface area contributed by atoms with Crippen LogP contribution in [0.5, 0.6) is 0 Å². The van der Waals surface area contributed by atoms with Gasteiger partial charge in [0.1, 0.15) is 11.0 Å². The summed E-state index contributed by atoms with van der Waals surface area (Å²) >= 11 is 6.05. The number of benzene rings is 2. The predicted octanol–water partition coefficient (Wildman–Crippen LogP) is 4.01. The fourth-order valence-corrected chi connectivity index (χ4v) is 4.93. The van der Waals surface area contributed by atoms with Crippen LogP contribution in [0.2, 0.25) is 5.02 Å². The van der Waals surface area contributed by atoms with Crippen molar-refractivity contribution in [2.45, 2.75) is 19.9 Å². The van der Waals surface area contributed by atoms with Crippen LogP contribution in [0.25, 0.3) is 22.0 Å². The van der Waals surface area contributed by atoms with Crippen LogP contribution < -0.4 is 4.31 Å². The zero-order valence-electron chi connectivity index (χ0n) is 15.0. The minimum Gasteiger partial charge on any atom is -0.481 e. The fourth-order valence-electron chi connectivity index (χ4n) is 3.99. The summed E-state index contributed by atoms with van der Waals surface area (Å²) < 4.78 is 16.4. The van der Waals surface area contributed by atoms with Gasteiger partial charge in [0, 0.05) is 36.0 Å². The van der Waals surface area contributed by atoms with Crippen molar-refractivity contribution in [1.82, 2.24) is 4.57 Å². The Kier molecular flexibility index (Phi) is 4.48. The first-order valence-corrected chi connectivity index (χ1v) is 10.5. The van der Waals surface area contributed by atoms with E-state index in [0.29, 0.717) is 11.6 Å².